The summed E-state index contributed by atoms with van der Waals surface area (Å²) in [5, 5.41) is 2.26. The van der Waals surface area contributed by atoms with E-state index < -0.39 is 0 Å². The van der Waals surface area contributed by atoms with Crippen LogP contribution in [0.15, 0.2) is 6.33 Å². The van der Waals surface area contributed by atoms with Gasteiger partial charge < -0.3 is 10.3 Å². The zero-order valence-electron chi connectivity index (χ0n) is 10.3. The van der Waals surface area contributed by atoms with E-state index >= 15 is 0 Å². The highest BCUT2D eigenvalue weighted by Crippen LogP contribution is 2.25. The van der Waals surface area contributed by atoms with Crippen molar-refractivity contribution in [3.63, 3.8) is 0 Å². The Kier molecular flexibility index (Phi) is 2.94. The van der Waals surface area contributed by atoms with Gasteiger partial charge in [0.25, 0.3) is 0 Å². The van der Waals surface area contributed by atoms with Crippen LogP contribution in [0.5, 0.6) is 0 Å². The van der Waals surface area contributed by atoms with E-state index in [1.165, 1.54) is 17.7 Å². The molecule has 1 aliphatic heterocycles. The second-order valence-electron chi connectivity index (χ2n) is 4.90. The first-order valence-electron chi connectivity index (χ1n) is 6.36. The Labute approximate surface area is 102 Å². The van der Waals surface area contributed by atoms with Crippen molar-refractivity contribution in [2.24, 2.45) is 0 Å². The third-order valence-electron chi connectivity index (χ3n) is 3.64. The van der Waals surface area contributed by atoms with Crippen LogP contribution in [-0.2, 0) is 12.8 Å². The van der Waals surface area contributed by atoms with Gasteiger partial charge in [-0.25, -0.2) is 15.0 Å². The normalized spacial score (nSPS) is 21.5. The first-order valence-corrected chi connectivity index (χ1v) is 6.36. The molecule has 0 atom stereocenters. The van der Waals surface area contributed by atoms with E-state index in [0.29, 0.717) is 0 Å². The van der Waals surface area contributed by atoms with E-state index in [0.717, 1.165) is 44.8 Å². The third-order valence-corrected chi connectivity index (χ3v) is 3.64. The van der Waals surface area contributed by atoms with Crippen LogP contribution in [0.3, 0.4) is 0 Å². The average Bonchev–Trinajstić information content (AvgIpc) is 2.81. The van der Waals surface area contributed by atoms with Crippen molar-refractivity contribution in [2.45, 2.75) is 19.3 Å². The lowest BCUT2D eigenvalue weighted by Gasteiger charge is -2.33. The maximum atomic E-state index is 4.39. The zero-order chi connectivity index (χ0) is 11.7. The third kappa shape index (κ3) is 2.25. The predicted octanol–water partition coefficient (Wildman–Crippen LogP) is 0.540. The quantitative estimate of drug-likeness (QED) is 0.807. The van der Waals surface area contributed by atoms with Crippen molar-refractivity contribution in [2.75, 3.05) is 38.7 Å². The second kappa shape index (κ2) is 4.58. The van der Waals surface area contributed by atoms with Crippen LogP contribution in [0.4, 0.5) is 5.82 Å². The number of aromatic nitrogens is 2. The molecule has 3 rings (SSSR count). The molecule has 0 bridgehead atoms. The zero-order valence-corrected chi connectivity index (χ0v) is 10.3. The standard InChI is InChI=1S/C12H19N5/c1-16-5-7-17(8-6-16)15-12-10-3-2-4-11(10)13-9-14-12/h9H,2-8H2,1H3,(H,13,14,15). The molecule has 17 heavy (non-hydrogen) atoms. The highest BCUT2D eigenvalue weighted by Gasteiger charge is 2.20. The second-order valence-corrected chi connectivity index (χ2v) is 4.90. The molecule has 1 aliphatic carbocycles. The smallest absolute Gasteiger partial charge is 0.147 e. The molecular weight excluding hydrogens is 214 g/mol. The van der Waals surface area contributed by atoms with Crippen molar-refractivity contribution in [3.8, 4) is 0 Å². The van der Waals surface area contributed by atoms with Crippen molar-refractivity contribution >= 4 is 5.82 Å². The monoisotopic (exact) mass is 233 g/mol. The molecule has 0 saturated carbocycles. The van der Waals surface area contributed by atoms with Gasteiger partial charge in [-0.1, -0.05) is 0 Å². The fraction of sp³-hybridized carbons (Fsp3) is 0.667. The van der Waals surface area contributed by atoms with Gasteiger partial charge in [0.15, 0.2) is 0 Å². The van der Waals surface area contributed by atoms with Crippen LogP contribution in [0.2, 0.25) is 0 Å². The number of rotatable bonds is 2. The lowest BCUT2D eigenvalue weighted by atomic mass is 10.2. The van der Waals surface area contributed by atoms with Crippen molar-refractivity contribution in [3.05, 3.63) is 17.6 Å². The fourth-order valence-electron chi connectivity index (χ4n) is 2.52. The molecule has 0 aromatic carbocycles. The van der Waals surface area contributed by atoms with E-state index in [1.807, 2.05) is 0 Å². The first-order chi connectivity index (χ1) is 8.33. The summed E-state index contributed by atoms with van der Waals surface area (Å²) in [5.41, 5.74) is 6.02. The molecule has 1 aromatic heterocycles. The van der Waals surface area contributed by atoms with Gasteiger partial charge in [-0.3, -0.25) is 0 Å². The summed E-state index contributed by atoms with van der Waals surface area (Å²) in [6.45, 7) is 4.32. The molecule has 1 aromatic rings. The van der Waals surface area contributed by atoms with Gasteiger partial charge in [0.2, 0.25) is 0 Å². The maximum Gasteiger partial charge on any atom is 0.147 e. The summed E-state index contributed by atoms with van der Waals surface area (Å²) >= 11 is 0. The summed E-state index contributed by atoms with van der Waals surface area (Å²) in [5.74, 6) is 1.03. The first kappa shape index (κ1) is 10.9. The van der Waals surface area contributed by atoms with E-state index in [4.69, 9.17) is 0 Å². The van der Waals surface area contributed by atoms with Crippen LogP contribution in [0.25, 0.3) is 0 Å². The minimum Gasteiger partial charge on any atom is -0.304 e. The summed E-state index contributed by atoms with van der Waals surface area (Å²) in [6.07, 6.45) is 5.12. The molecular formula is C12H19N5. The summed E-state index contributed by atoms with van der Waals surface area (Å²) in [6, 6.07) is 0. The molecule has 92 valence electrons. The van der Waals surface area contributed by atoms with Crippen LogP contribution in [-0.4, -0.2) is 53.1 Å². The topological polar surface area (TPSA) is 44.3 Å². The Balaban J connectivity index is 1.71. The van der Waals surface area contributed by atoms with Crippen LogP contribution >= 0.6 is 0 Å². The SMILES string of the molecule is CN1CCN(Nc2ncnc3c2CCC3)CC1. The van der Waals surface area contributed by atoms with Gasteiger partial charge in [-0.05, 0) is 26.3 Å². The molecule has 0 spiro atoms. The van der Waals surface area contributed by atoms with Gasteiger partial charge >= 0.3 is 0 Å². The number of hydrazine groups is 1. The number of nitrogens with one attached hydrogen (secondary N) is 1. The molecule has 2 heterocycles. The highest BCUT2D eigenvalue weighted by atomic mass is 15.5. The summed E-state index contributed by atoms with van der Waals surface area (Å²) in [7, 11) is 2.17. The molecule has 1 saturated heterocycles. The number of hydrogen-bond acceptors (Lipinski definition) is 5. The number of anilines is 1. The Morgan fingerprint density at radius 1 is 1.12 bits per heavy atom. The Morgan fingerprint density at radius 2 is 1.94 bits per heavy atom. The largest absolute Gasteiger partial charge is 0.304 e. The fourth-order valence-corrected chi connectivity index (χ4v) is 2.52. The number of hydrogen-bond donors (Lipinski definition) is 1. The van der Waals surface area contributed by atoms with E-state index in [9.17, 15) is 0 Å². The van der Waals surface area contributed by atoms with Crippen LogP contribution in [0, 0.1) is 0 Å². The van der Waals surface area contributed by atoms with Crippen molar-refractivity contribution in [1.29, 1.82) is 0 Å². The lowest BCUT2D eigenvalue weighted by molar-refractivity contribution is 0.178. The number of nitrogens with zero attached hydrogens (tertiary/aromatic N) is 4. The van der Waals surface area contributed by atoms with Gasteiger partial charge in [0.05, 0.1) is 0 Å². The number of fused-ring (bicyclic) bond motifs is 1. The van der Waals surface area contributed by atoms with E-state index in [-0.39, 0.29) is 0 Å². The van der Waals surface area contributed by atoms with Gasteiger partial charge in [-0.15, -0.1) is 0 Å². The molecule has 0 amide bonds. The molecule has 2 aliphatic rings. The Hall–Kier alpha value is -1.20. The van der Waals surface area contributed by atoms with Crippen molar-refractivity contribution < 1.29 is 0 Å². The maximum absolute atomic E-state index is 4.39. The molecule has 1 N–H and O–H groups in total. The summed E-state index contributed by atoms with van der Waals surface area (Å²) in [4.78, 5) is 11.1. The average molecular weight is 233 g/mol. The van der Waals surface area contributed by atoms with Crippen LogP contribution < -0.4 is 5.43 Å². The van der Waals surface area contributed by atoms with Gasteiger partial charge in [0, 0.05) is 37.4 Å². The minimum atomic E-state index is 1.03. The van der Waals surface area contributed by atoms with Crippen LogP contribution in [0.1, 0.15) is 17.7 Å². The molecule has 0 unspecified atom stereocenters. The number of piperazine rings is 1. The highest BCUT2D eigenvalue weighted by molar-refractivity contribution is 5.47. The number of likely N-dealkylation sites (N-methyl/N-ethyl adjacent to an activating group) is 1. The van der Waals surface area contributed by atoms with Gasteiger partial charge in [0.1, 0.15) is 12.1 Å². The predicted molar refractivity (Wildman–Crippen MR) is 66.7 cm³/mol. The Morgan fingerprint density at radius 3 is 2.76 bits per heavy atom. The Bertz CT molecular complexity index is 398. The van der Waals surface area contributed by atoms with E-state index in [2.05, 4.69) is 32.4 Å². The van der Waals surface area contributed by atoms with E-state index in [1.54, 1.807) is 6.33 Å². The van der Waals surface area contributed by atoms with Gasteiger partial charge in [-0.2, -0.15) is 0 Å². The molecule has 1 fully saturated rings. The number of aryl methyl sites for hydroxylation is 1. The lowest BCUT2D eigenvalue weighted by Crippen LogP contribution is -2.47. The molecule has 0 radical (unpaired) electrons. The summed E-state index contributed by atoms with van der Waals surface area (Å²) < 4.78 is 0. The minimum absolute atomic E-state index is 1.03. The van der Waals surface area contributed by atoms with Crippen molar-refractivity contribution in [1.82, 2.24) is 19.9 Å². The molecule has 5 nitrogen and oxygen atoms in total. The molecule has 5 heteroatoms.